The molecular formula is C9H9F3N2O. The molecular weight excluding hydrogens is 209 g/mol. The molecule has 0 aromatic heterocycles. The molecule has 2 rings (SSSR count). The second kappa shape index (κ2) is 3.39. The van der Waals surface area contributed by atoms with E-state index in [0.29, 0.717) is 11.3 Å². The number of fused-ring (bicyclic) bond motifs is 1. The van der Waals surface area contributed by atoms with Gasteiger partial charge in [-0.3, -0.25) is 5.84 Å². The van der Waals surface area contributed by atoms with Crippen molar-refractivity contribution in [2.24, 2.45) is 5.84 Å². The van der Waals surface area contributed by atoms with Gasteiger partial charge in [-0.15, -0.1) is 0 Å². The first kappa shape index (κ1) is 10.3. The third kappa shape index (κ3) is 2.05. The maximum absolute atomic E-state index is 12.4. The van der Waals surface area contributed by atoms with Crippen molar-refractivity contribution in [1.82, 2.24) is 5.01 Å². The molecule has 0 saturated heterocycles. The maximum atomic E-state index is 12.4. The summed E-state index contributed by atoms with van der Waals surface area (Å²) in [5.41, 5.74) is -0.223. The second-order valence-corrected chi connectivity index (χ2v) is 3.34. The molecule has 1 aliphatic heterocycles. The molecule has 82 valence electrons. The Morgan fingerprint density at radius 1 is 1.33 bits per heavy atom. The molecule has 15 heavy (non-hydrogen) atoms. The Morgan fingerprint density at radius 2 is 2.07 bits per heavy atom. The van der Waals surface area contributed by atoms with Gasteiger partial charge in [0, 0.05) is 12.1 Å². The average Bonchev–Trinajstić information content (AvgIpc) is 2.15. The minimum absolute atomic E-state index is 0.193. The lowest BCUT2D eigenvalue weighted by atomic mass is 10.1. The minimum atomic E-state index is -4.33. The zero-order valence-corrected chi connectivity index (χ0v) is 7.71. The Balaban J connectivity index is 2.37. The van der Waals surface area contributed by atoms with E-state index in [1.54, 1.807) is 0 Å². The van der Waals surface area contributed by atoms with Crippen molar-refractivity contribution in [3.05, 3.63) is 29.3 Å². The van der Waals surface area contributed by atoms with Crippen LogP contribution in [0.1, 0.15) is 11.1 Å². The van der Waals surface area contributed by atoms with Crippen molar-refractivity contribution in [3.8, 4) is 5.75 Å². The lowest BCUT2D eigenvalue weighted by molar-refractivity contribution is -0.137. The Hall–Kier alpha value is -1.27. The van der Waals surface area contributed by atoms with Crippen LogP contribution in [0.15, 0.2) is 18.2 Å². The Labute approximate surface area is 84.2 Å². The molecule has 6 heteroatoms. The summed E-state index contributed by atoms with van der Waals surface area (Å²) in [7, 11) is 0. The molecule has 1 aliphatic rings. The van der Waals surface area contributed by atoms with Crippen LogP contribution in [0.3, 0.4) is 0 Å². The Bertz CT molecular complexity index is 378. The number of nitrogens with two attached hydrogens (primary N) is 1. The van der Waals surface area contributed by atoms with Gasteiger partial charge in [0.15, 0.2) is 6.73 Å². The van der Waals surface area contributed by atoms with E-state index in [1.807, 2.05) is 0 Å². The molecule has 0 atom stereocenters. The summed E-state index contributed by atoms with van der Waals surface area (Å²) >= 11 is 0. The first-order chi connectivity index (χ1) is 6.97. The zero-order valence-electron chi connectivity index (χ0n) is 7.71. The predicted molar refractivity (Wildman–Crippen MR) is 46.7 cm³/mol. The lowest BCUT2D eigenvalue weighted by Crippen LogP contribution is -2.37. The first-order valence-corrected chi connectivity index (χ1v) is 4.29. The highest BCUT2D eigenvalue weighted by atomic mass is 19.4. The summed E-state index contributed by atoms with van der Waals surface area (Å²) in [5, 5.41) is 1.31. The van der Waals surface area contributed by atoms with Gasteiger partial charge in [0.1, 0.15) is 5.75 Å². The van der Waals surface area contributed by atoms with Gasteiger partial charge < -0.3 is 4.74 Å². The van der Waals surface area contributed by atoms with E-state index < -0.39 is 11.7 Å². The van der Waals surface area contributed by atoms with E-state index >= 15 is 0 Å². The van der Waals surface area contributed by atoms with Crippen molar-refractivity contribution in [3.63, 3.8) is 0 Å². The predicted octanol–water partition coefficient (Wildman–Crippen LogP) is 1.73. The fraction of sp³-hybridized carbons (Fsp3) is 0.333. The van der Waals surface area contributed by atoms with Crippen LogP contribution in [-0.4, -0.2) is 11.7 Å². The molecule has 0 radical (unpaired) electrons. The lowest BCUT2D eigenvalue weighted by Gasteiger charge is -2.25. The summed E-state index contributed by atoms with van der Waals surface area (Å²) in [6.07, 6.45) is -4.33. The fourth-order valence-corrected chi connectivity index (χ4v) is 1.44. The largest absolute Gasteiger partial charge is 0.477 e. The van der Waals surface area contributed by atoms with Crippen molar-refractivity contribution in [2.45, 2.75) is 12.7 Å². The SMILES string of the molecule is NN1COc2ccc(C(F)(F)F)cc2C1. The van der Waals surface area contributed by atoms with E-state index in [4.69, 9.17) is 10.6 Å². The van der Waals surface area contributed by atoms with Gasteiger partial charge in [0.25, 0.3) is 0 Å². The van der Waals surface area contributed by atoms with Crippen molar-refractivity contribution < 1.29 is 17.9 Å². The van der Waals surface area contributed by atoms with Gasteiger partial charge in [-0.05, 0) is 18.2 Å². The quantitative estimate of drug-likeness (QED) is 0.674. The van der Waals surface area contributed by atoms with Crippen LogP contribution in [0.25, 0.3) is 0 Å². The number of hydrazine groups is 1. The van der Waals surface area contributed by atoms with Crippen LogP contribution >= 0.6 is 0 Å². The number of benzene rings is 1. The molecule has 0 aliphatic carbocycles. The van der Waals surface area contributed by atoms with Crippen LogP contribution in [0.4, 0.5) is 13.2 Å². The maximum Gasteiger partial charge on any atom is 0.416 e. The molecule has 0 saturated carbocycles. The summed E-state index contributed by atoms with van der Waals surface area (Å²) in [6.45, 7) is 0.456. The molecule has 0 bridgehead atoms. The zero-order chi connectivity index (χ0) is 11.1. The van der Waals surface area contributed by atoms with Crippen molar-refractivity contribution in [1.29, 1.82) is 0 Å². The molecule has 3 nitrogen and oxygen atoms in total. The number of rotatable bonds is 0. The topological polar surface area (TPSA) is 38.5 Å². The number of hydrogen-bond donors (Lipinski definition) is 1. The smallest absolute Gasteiger partial charge is 0.416 e. The van der Waals surface area contributed by atoms with Crippen LogP contribution in [0.5, 0.6) is 5.75 Å². The van der Waals surface area contributed by atoms with Crippen molar-refractivity contribution in [2.75, 3.05) is 6.73 Å². The van der Waals surface area contributed by atoms with E-state index in [9.17, 15) is 13.2 Å². The number of alkyl halides is 3. The van der Waals surface area contributed by atoms with Crippen molar-refractivity contribution >= 4 is 0 Å². The highest BCUT2D eigenvalue weighted by Crippen LogP contribution is 2.33. The molecule has 0 spiro atoms. The third-order valence-corrected chi connectivity index (χ3v) is 2.15. The molecule has 1 heterocycles. The summed E-state index contributed by atoms with van der Waals surface area (Å²) in [5.74, 6) is 5.90. The monoisotopic (exact) mass is 218 g/mol. The highest BCUT2D eigenvalue weighted by Gasteiger charge is 2.31. The molecule has 0 fully saturated rings. The standard InChI is InChI=1S/C9H9F3N2O/c10-9(11,12)7-1-2-8-6(3-7)4-14(13)5-15-8/h1-3H,4-5,13H2. The van der Waals surface area contributed by atoms with Crippen LogP contribution in [0.2, 0.25) is 0 Å². The Kier molecular flexibility index (Phi) is 2.32. The molecule has 0 amide bonds. The van der Waals surface area contributed by atoms with E-state index in [0.717, 1.165) is 12.1 Å². The third-order valence-electron chi connectivity index (χ3n) is 2.15. The van der Waals surface area contributed by atoms with Gasteiger partial charge >= 0.3 is 6.18 Å². The van der Waals surface area contributed by atoms with Gasteiger partial charge in [-0.25, -0.2) is 5.01 Å². The van der Waals surface area contributed by atoms with Gasteiger partial charge in [-0.1, -0.05) is 0 Å². The van der Waals surface area contributed by atoms with Crippen LogP contribution in [-0.2, 0) is 12.7 Å². The normalized spacial score (nSPS) is 17.1. The van der Waals surface area contributed by atoms with Gasteiger partial charge in [-0.2, -0.15) is 13.2 Å². The number of hydrogen-bond acceptors (Lipinski definition) is 3. The number of ether oxygens (including phenoxy) is 1. The Morgan fingerprint density at radius 3 is 2.73 bits per heavy atom. The van der Waals surface area contributed by atoms with Gasteiger partial charge in [0.2, 0.25) is 0 Å². The number of nitrogens with zero attached hydrogens (tertiary/aromatic N) is 1. The van der Waals surface area contributed by atoms with E-state index in [-0.39, 0.29) is 13.3 Å². The fourth-order valence-electron chi connectivity index (χ4n) is 1.44. The van der Waals surface area contributed by atoms with E-state index in [2.05, 4.69) is 0 Å². The van der Waals surface area contributed by atoms with E-state index in [1.165, 1.54) is 11.1 Å². The van der Waals surface area contributed by atoms with Crippen LogP contribution < -0.4 is 10.6 Å². The minimum Gasteiger partial charge on any atom is -0.477 e. The molecule has 1 aromatic carbocycles. The summed E-state index contributed by atoms with van der Waals surface area (Å²) in [4.78, 5) is 0. The molecule has 1 aromatic rings. The number of halogens is 3. The summed E-state index contributed by atoms with van der Waals surface area (Å²) < 4.78 is 42.2. The average molecular weight is 218 g/mol. The summed E-state index contributed by atoms with van der Waals surface area (Å²) in [6, 6.07) is 3.39. The van der Waals surface area contributed by atoms with Crippen LogP contribution in [0, 0.1) is 0 Å². The highest BCUT2D eigenvalue weighted by molar-refractivity contribution is 5.39. The first-order valence-electron chi connectivity index (χ1n) is 4.29. The van der Waals surface area contributed by atoms with Gasteiger partial charge in [0.05, 0.1) is 5.56 Å². The molecule has 0 unspecified atom stereocenters. The second-order valence-electron chi connectivity index (χ2n) is 3.34. The molecule has 2 N–H and O–H groups in total.